The summed E-state index contributed by atoms with van der Waals surface area (Å²) >= 11 is 7.71. The van der Waals surface area contributed by atoms with Gasteiger partial charge in [0, 0.05) is 29.5 Å². The zero-order valence-electron chi connectivity index (χ0n) is 17.5. The Bertz CT molecular complexity index is 1260. The lowest BCUT2D eigenvalue weighted by Crippen LogP contribution is -2.05. The minimum atomic E-state index is -0.742. The molecule has 0 unspecified atom stereocenters. The van der Waals surface area contributed by atoms with Crippen molar-refractivity contribution in [2.24, 2.45) is 0 Å². The molecule has 0 amide bonds. The summed E-state index contributed by atoms with van der Waals surface area (Å²) in [5.74, 6) is 0.898. The van der Waals surface area contributed by atoms with E-state index in [1.54, 1.807) is 23.5 Å². The highest BCUT2D eigenvalue weighted by Gasteiger charge is 2.14. The zero-order chi connectivity index (χ0) is 22.5. The average molecular weight is 470 g/mol. The number of phenolic OH excluding ortho intramolecular Hbond substituents is 1. The molecular weight excluding hydrogens is 446 g/mol. The third-order valence-electron chi connectivity index (χ3n) is 5.30. The molecule has 0 saturated heterocycles. The zero-order valence-corrected chi connectivity index (χ0v) is 19.0. The molecule has 4 rings (SSSR count). The molecule has 0 aliphatic rings. The van der Waals surface area contributed by atoms with Crippen LogP contribution in [0.3, 0.4) is 0 Å². The second-order valence-corrected chi connectivity index (χ2v) is 9.15. The summed E-state index contributed by atoms with van der Waals surface area (Å²) in [6.45, 7) is 0.519. The molecule has 0 atom stereocenters. The van der Waals surface area contributed by atoms with E-state index in [-0.39, 0.29) is 12.2 Å². The fourth-order valence-electron chi connectivity index (χ4n) is 3.67. The average Bonchev–Trinajstić information content (AvgIpc) is 3.15. The number of nitrogens with zero attached hydrogens (tertiary/aromatic N) is 2. The van der Waals surface area contributed by atoms with Gasteiger partial charge in [-0.25, -0.2) is 9.97 Å². The van der Waals surface area contributed by atoms with Gasteiger partial charge in [0.15, 0.2) is 0 Å². The number of benzene rings is 2. The van der Waals surface area contributed by atoms with Gasteiger partial charge in [-0.3, -0.25) is 4.79 Å². The van der Waals surface area contributed by atoms with Gasteiger partial charge in [-0.2, -0.15) is 0 Å². The molecule has 2 aromatic carbocycles. The van der Waals surface area contributed by atoms with Gasteiger partial charge in [-0.15, -0.1) is 11.3 Å². The van der Waals surface area contributed by atoms with E-state index >= 15 is 0 Å². The van der Waals surface area contributed by atoms with Crippen molar-refractivity contribution < 1.29 is 15.0 Å². The number of anilines is 1. The van der Waals surface area contributed by atoms with Gasteiger partial charge in [-0.05, 0) is 36.6 Å². The van der Waals surface area contributed by atoms with Crippen molar-refractivity contribution in [3.8, 4) is 5.75 Å². The van der Waals surface area contributed by atoms with E-state index in [0.717, 1.165) is 58.5 Å². The topological polar surface area (TPSA) is 95.3 Å². The molecular formula is C24H24ClN3O3S. The number of fused-ring (bicyclic) bond motifs is 3. The van der Waals surface area contributed by atoms with Crippen molar-refractivity contribution in [3.05, 3.63) is 58.9 Å². The van der Waals surface area contributed by atoms with E-state index < -0.39 is 5.97 Å². The fraction of sp³-hybridized carbons (Fsp3) is 0.292. The first-order chi connectivity index (χ1) is 15.5. The van der Waals surface area contributed by atoms with E-state index in [0.29, 0.717) is 18.0 Å². The van der Waals surface area contributed by atoms with Crippen LogP contribution in [0.15, 0.2) is 42.5 Å². The van der Waals surface area contributed by atoms with Crippen molar-refractivity contribution >= 4 is 55.0 Å². The van der Waals surface area contributed by atoms with Crippen molar-refractivity contribution in [1.82, 2.24) is 9.97 Å². The molecule has 4 aromatic rings. The van der Waals surface area contributed by atoms with Gasteiger partial charge in [0.25, 0.3) is 0 Å². The van der Waals surface area contributed by atoms with Crippen LogP contribution in [-0.2, 0) is 17.8 Å². The van der Waals surface area contributed by atoms with E-state index in [4.69, 9.17) is 26.7 Å². The number of hydrogen-bond acceptors (Lipinski definition) is 6. The first kappa shape index (κ1) is 22.3. The summed E-state index contributed by atoms with van der Waals surface area (Å²) in [6, 6.07) is 13.4. The Morgan fingerprint density at radius 1 is 1.06 bits per heavy atom. The summed E-state index contributed by atoms with van der Waals surface area (Å²) in [5.41, 5.74) is 0.944. The van der Waals surface area contributed by atoms with Crippen LogP contribution in [0.25, 0.3) is 20.3 Å². The van der Waals surface area contributed by atoms with E-state index in [9.17, 15) is 9.90 Å². The number of nitrogens with one attached hydrogen (secondary N) is 1. The van der Waals surface area contributed by atoms with Gasteiger partial charge < -0.3 is 15.5 Å². The molecule has 0 aliphatic heterocycles. The highest BCUT2D eigenvalue weighted by molar-refractivity contribution is 7.25. The van der Waals surface area contributed by atoms with Crippen LogP contribution < -0.4 is 5.32 Å². The lowest BCUT2D eigenvalue weighted by atomic mass is 10.1. The van der Waals surface area contributed by atoms with Gasteiger partial charge >= 0.3 is 5.97 Å². The Morgan fingerprint density at radius 2 is 1.88 bits per heavy atom. The molecule has 0 bridgehead atoms. The SMILES string of the molecule is O=C(O)CCCCCCc1nc(NCc2ccc(O)c(Cl)c2)c2c(n1)sc1ccccc12. The maximum absolute atomic E-state index is 10.6. The number of carboxylic acids is 1. The normalized spacial score (nSPS) is 11.3. The van der Waals surface area contributed by atoms with E-state index in [1.165, 1.54) is 4.70 Å². The van der Waals surface area contributed by atoms with E-state index in [1.807, 2.05) is 18.2 Å². The number of phenols is 1. The van der Waals surface area contributed by atoms with Gasteiger partial charge in [-0.1, -0.05) is 48.7 Å². The first-order valence-corrected chi connectivity index (χ1v) is 11.8. The molecule has 0 fully saturated rings. The predicted molar refractivity (Wildman–Crippen MR) is 130 cm³/mol. The molecule has 0 saturated carbocycles. The Morgan fingerprint density at radius 3 is 2.69 bits per heavy atom. The van der Waals surface area contributed by atoms with Crippen molar-refractivity contribution in [2.75, 3.05) is 5.32 Å². The molecule has 3 N–H and O–H groups in total. The Labute approximate surface area is 194 Å². The summed E-state index contributed by atoms with van der Waals surface area (Å²) in [5, 5.41) is 24.3. The number of hydrogen-bond donors (Lipinski definition) is 3. The molecule has 2 aromatic heterocycles. The first-order valence-electron chi connectivity index (χ1n) is 10.6. The maximum Gasteiger partial charge on any atom is 0.303 e. The molecule has 0 radical (unpaired) electrons. The molecule has 166 valence electrons. The second-order valence-electron chi connectivity index (χ2n) is 7.71. The third-order valence-corrected chi connectivity index (χ3v) is 6.67. The standard InChI is InChI=1S/C24H24ClN3O3S/c25-17-13-15(11-12-18(17)29)14-26-23-22-16-7-5-6-8-19(16)32-24(22)28-20(27-23)9-3-1-2-4-10-21(30)31/h5-8,11-13,29H,1-4,9-10,14H2,(H,30,31)(H,26,27,28). The Kier molecular flexibility index (Phi) is 7.07. The van der Waals surface area contributed by atoms with Gasteiger partial charge in [0.05, 0.1) is 10.4 Å². The minimum absolute atomic E-state index is 0.0642. The predicted octanol–water partition coefficient (Wildman–Crippen LogP) is 6.39. The van der Waals surface area contributed by atoms with Crippen LogP contribution in [0, 0.1) is 0 Å². The monoisotopic (exact) mass is 469 g/mol. The van der Waals surface area contributed by atoms with Crippen molar-refractivity contribution in [3.63, 3.8) is 0 Å². The van der Waals surface area contributed by atoms with Crippen LogP contribution in [0.5, 0.6) is 5.75 Å². The number of aliphatic carboxylic acids is 1. The van der Waals surface area contributed by atoms with Crippen LogP contribution in [-0.4, -0.2) is 26.2 Å². The number of carbonyl (C=O) groups is 1. The van der Waals surface area contributed by atoms with Crippen LogP contribution in [0.2, 0.25) is 5.02 Å². The van der Waals surface area contributed by atoms with Crippen LogP contribution in [0.1, 0.15) is 43.5 Å². The lowest BCUT2D eigenvalue weighted by molar-refractivity contribution is -0.137. The largest absolute Gasteiger partial charge is 0.506 e. The van der Waals surface area contributed by atoms with Crippen LogP contribution in [0.4, 0.5) is 5.82 Å². The molecule has 0 aliphatic carbocycles. The van der Waals surface area contributed by atoms with Crippen molar-refractivity contribution in [2.45, 2.75) is 45.1 Å². The van der Waals surface area contributed by atoms with E-state index in [2.05, 4.69) is 17.4 Å². The number of rotatable bonds is 10. The number of aryl methyl sites for hydroxylation is 1. The van der Waals surface area contributed by atoms with Gasteiger partial charge in [0.2, 0.25) is 0 Å². The number of halogens is 1. The molecule has 6 nitrogen and oxygen atoms in total. The Balaban J connectivity index is 1.55. The number of aromatic nitrogens is 2. The smallest absolute Gasteiger partial charge is 0.303 e. The molecule has 8 heteroatoms. The number of aromatic hydroxyl groups is 1. The quantitative estimate of drug-likeness (QED) is 0.233. The maximum atomic E-state index is 10.6. The summed E-state index contributed by atoms with van der Waals surface area (Å²) in [6.07, 6.45) is 4.44. The summed E-state index contributed by atoms with van der Waals surface area (Å²) in [4.78, 5) is 21.2. The second kappa shape index (κ2) is 10.1. The highest BCUT2D eigenvalue weighted by Crippen LogP contribution is 2.36. The molecule has 2 heterocycles. The number of carboxylic acid groups (broad SMARTS) is 1. The minimum Gasteiger partial charge on any atom is -0.506 e. The lowest BCUT2D eigenvalue weighted by Gasteiger charge is -2.10. The molecule has 32 heavy (non-hydrogen) atoms. The Hall–Kier alpha value is -2.90. The molecule has 0 spiro atoms. The van der Waals surface area contributed by atoms with Crippen molar-refractivity contribution in [1.29, 1.82) is 0 Å². The third kappa shape index (κ3) is 5.29. The summed E-state index contributed by atoms with van der Waals surface area (Å²) in [7, 11) is 0. The summed E-state index contributed by atoms with van der Waals surface area (Å²) < 4.78 is 1.17. The highest BCUT2D eigenvalue weighted by atomic mass is 35.5. The fourth-order valence-corrected chi connectivity index (χ4v) is 4.96. The van der Waals surface area contributed by atoms with Gasteiger partial charge in [0.1, 0.15) is 22.2 Å². The number of thiophene rings is 1. The van der Waals surface area contributed by atoms with Crippen LogP contribution >= 0.6 is 22.9 Å². The number of unbranched alkanes of at least 4 members (excludes halogenated alkanes) is 3.